The zero-order valence-corrected chi connectivity index (χ0v) is 11.9. The molecule has 6 nitrogen and oxygen atoms in total. The molecule has 1 aliphatic heterocycles. The lowest BCUT2D eigenvalue weighted by Gasteiger charge is -2.20. The van der Waals surface area contributed by atoms with Gasteiger partial charge >= 0.3 is 5.69 Å². The molecule has 2 heterocycles. The molecule has 23 heavy (non-hydrogen) atoms. The van der Waals surface area contributed by atoms with E-state index in [2.05, 4.69) is 10.3 Å². The van der Waals surface area contributed by atoms with Crippen LogP contribution in [0.25, 0.3) is 0 Å². The van der Waals surface area contributed by atoms with Crippen LogP contribution in [0.1, 0.15) is 18.1 Å². The molecule has 0 radical (unpaired) electrons. The van der Waals surface area contributed by atoms with E-state index in [1.165, 1.54) is 24.4 Å². The highest BCUT2D eigenvalue weighted by molar-refractivity contribution is 5.56. The smallest absolute Gasteiger partial charge is 0.311 e. The highest BCUT2D eigenvalue weighted by Gasteiger charge is 2.32. The molecule has 2 aromatic rings. The average Bonchev–Trinajstić information content (AvgIpc) is 2.98. The van der Waals surface area contributed by atoms with Gasteiger partial charge in [0.1, 0.15) is 6.10 Å². The molecule has 1 saturated heterocycles. The van der Waals surface area contributed by atoms with E-state index < -0.39 is 22.7 Å². The van der Waals surface area contributed by atoms with Crippen LogP contribution in [0.15, 0.2) is 36.5 Å². The van der Waals surface area contributed by atoms with Gasteiger partial charge in [0, 0.05) is 18.9 Å². The third-order valence-corrected chi connectivity index (χ3v) is 3.67. The van der Waals surface area contributed by atoms with Gasteiger partial charge in [-0.3, -0.25) is 10.1 Å². The molecule has 0 bridgehead atoms. The van der Waals surface area contributed by atoms with Crippen molar-refractivity contribution in [2.75, 3.05) is 11.9 Å². The van der Waals surface area contributed by atoms with Crippen molar-refractivity contribution in [2.45, 2.75) is 18.6 Å². The fourth-order valence-electron chi connectivity index (χ4n) is 2.59. The van der Waals surface area contributed by atoms with Crippen molar-refractivity contribution < 1.29 is 18.4 Å². The SMILES string of the molecule is O=[N+]([O-])c1cccnc1NC1CCOC1c1ccc(F)c(F)c1. The molecule has 1 N–H and O–H groups in total. The molecule has 2 atom stereocenters. The van der Waals surface area contributed by atoms with Crippen LogP contribution in [0.2, 0.25) is 0 Å². The first-order valence-electron chi connectivity index (χ1n) is 6.99. The van der Waals surface area contributed by atoms with Gasteiger partial charge in [-0.25, -0.2) is 13.8 Å². The number of nitrogens with one attached hydrogen (secondary N) is 1. The summed E-state index contributed by atoms with van der Waals surface area (Å²) in [5.41, 5.74) is 0.320. The Labute approximate surface area is 130 Å². The van der Waals surface area contributed by atoms with Crippen LogP contribution in [-0.2, 0) is 4.74 Å². The van der Waals surface area contributed by atoms with Crippen molar-refractivity contribution in [1.82, 2.24) is 4.98 Å². The molecule has 0 saturated carbocycles. The minimum Gasteiger partial charge on any atom is -0.371 e. The number of halogens is 2. The van der Waals surface area contributed by atoms with Crippen molar-refractivity contribution in [2.24, 2.45) is 0 Å². The standard InChI is InChI=1S/C15H13F2N3O3/c16-10-4-3-9(8-11(10)17)14-12(5-7-23-14)19-15-13(20(21)22)2-1-6-18-15/h1-4,6,8,12,14H,5,7H2,(H,18,19). The van der Waals surface area contributed by atoms with Crippen molar-refractivity contribution in [3.05, 3.63) is 63.8 Å². The lowest BCUT2D eigenvalue weighted by Crippen LogP contribution is -2.24. The molecule has 2 unspecified atom stereocenters. The van der Waals surface area contributed by atoms with Crippen LogP contribution in [0.4, 0.5) is 20.3 Å². The van der Waals surface area contributed by atoms with E-state index in [9.17, 15) is 18.9 Å². The van der Waals surface area contributed by atoms with Crippen LogP contribution in [0.3, 0.4) is 0 Å². The molecule has 0 spiro atoms. The van der Waals surface area contributed by atoms with Gasteiger partial charge in [0.25, 0.3) is 0 Å². The summed E-state index contributed by atoms with van der Waals surface area (Å²) in [5, 5.41) is 14.0. The topological polar surface area (TPSA) is 77.3 Å². The van der Waals surface area contributed by atoms with Gasteiger partial charge in [-0.2, -0.15) is 0 Å². The first kappa shape index (κ1) is 15.3. The fourth-order valence-corrected chi connectivity index (χ4v) is 2.59. The van der Waals surface area contributed by atoms with Crippen molar-refractivity contribution in [3.63, 3.8) is 0 Å². The van der Waals surface area contributed by atoms with E-state index in [-0.39, 0.29) is 17.5 Å². The summed E-state index contributed by atoms with van der Waals surface area (Å²) in [6, 6.07) is 6.04. The van der Waals surface area contributed by atoms with Crippen LogP contribution in [0, 0.1) is 21.7 Å². The molecule has 1 aromatic heterocycles. The molecule has 1 aromatic carbocycles. The average molecular weight is 321 g/mol. The maximum absolute atomic E-state index is 13.4. The Bertz CT molecular complexity index is 742. The molecule has 8 heteroatoms. The fraction of sp³-hybridized carbons (Fsp3) is 0.267. The second-order valence-corrected chi connectivity index (χ2v) is 5.13. The summed E-state index contributed by atoms with van der Waals surface area (Å²) in [4.78, 5) is 14.5. The van der Waals surface area contributed by atoms with E-state index in [4.69, 9.17) is 4.74 Å². The highest BCUT2D eigenvalue weighted by atomic mass is 19.2. The third-order valence-electron chi connectivity index (χ3n) is 3.67. The van der Waals surface area contributed by atoms with Gasteiger partial charge in [0.2, 0.25) is 5.82 Å². The van der Waals surface area contributed by atoms with E-state index in [0.717, 1.165) is 12.1 Å². The second kappa shape index (κ2) is 6.25. The van der Waals surface area contributed by atoms with Crippen LogP contribution < -0.4 is 5.32 Å². The molecule has 1 aliphatic rings. The summed E-state index contributed by atoms with van der Waals surface area (Å²) < 4.78 is 32.0. The van der Waals surface area contributed by atoms with E-state index >= 15 is 0 Å². The molecule has 0 aliphatic carbocycles. The van der Waals surface area contributed by atoms with Gasteiger partial charge in [0.05, 0.1) is 11.0 Å². The molecule has 120 valence electrons. The summed E-state index contributed by atoms with van der Waals surface area (Å²) in [7, 11) is 0. The number of hydrogen-bond donors (Lipinski definition) is 1. The normalized spacial score (nSPS) is 20.4. The Balaban J connectivity index is 1.85. The number of rotatable bonds is 4. The largest absolute Gasteiger partial charge is 0.371 e. The number of nitrogens with zero attached hydrogens (tertiary/aromatic N) is 2. The second-order valence-electron chi connectivity index (χ2n) is 5.13. The summed E-state index contributed by atoms with van der Waals surface area (Å²) in [5.74, 6) is -1.77. The number of pyridine rings is 1. The molecule has 3 rings (SSSR count). The van der Waals surface area contributed by atoms with Gasteiger partial charge in [0.15, 0.2) is 11.6 Å². The lowest BCUT2D eigenvalue weighted by molar-refractivity contribution is -0.384. The molecular weight excluding hydrogens is 308 g/mol. The predicted octanol–water partition coefficient (Wildman–Crippen LogP) is 3.21. The predicted molar refractivity (Wildman–Crippen MR) is 78.0 cm³/mol. The molecule has 1 fully saturated rings. The zero-order chi connectivity index (χ0) is 16.4. The summed E-state index contributed by atoms with van der Waals surface area (Å²) >= 11 is 0. The Morgan fingerprint density at radius 3 is 2.87 bits per heavy atom. The number of anilines is 1. The van der Waals surface area contributed by atoms with E-state index in [0.29, 0.717) is 18.6 Å². The van der Waals surface area contributed by atoms with E-state index in [1.54, 1.807) is 0 Å². The van der Waals surface area contributed by atoms with Gasteiger partial charge in [-0.1, -0.05) is 6.07 Å². The Morgan fingerprint density at radius 1 is 1.30 bits per heavy atom. The minimum atomic E-state index is -0.958. The number of aromatic nitrogens is 1. The monoisotopic (exact) mass is 321 g/mol. The first-order valence-corrected chi connectivity index (χ1v) is 6.99. The van der Waals surface area contributed by atoms with Crippen molar-refractivity contribution >= 4 is 11.5 Å². The highest BCUT2D eigenvalue weighted by Crippen LogP contribution is 2.33. The van der Waals surface area contributed by atoms with Crippen LogP contribution >= 0.6 is 0 Å². The summed E-state index contributed by atoms with van der Waals surface area (Å²) in [6.45, 7) is 0.405. The Hall–Kier alpha value is -2.61. The van der Waals surface area contributed by atoms with Gasteiger partial charge in [-0.15, -0.1) is 0 Å². The third kappa shape index (κ3) is 3.11. The Morgan fingerprint density at radius 2 is 2.13 bits per heavy atom. The van der Waals surface area contributed by atoms with Crippen molar-refractivity contribution in [3.8, 4) is 0 Å². The van der Waals surface area contributed by atoms with Crippen LogP contribution in [-0.4, -0.2) is 22.6 Å². The first-order chi connectivity index (χ1) is 11.1. The molecule has 0 amide bonds. The maximum atomic E-state index is 13.4. The van der Waals surface area contributed by atoms with Gasteiger partial charge < -0.3 is 10.1 Å². The number of ether oxygens (including phenoxy) is 1. The zero-order valence-electron chi connectivity index (χ0n) is 11.9. The minimum absolute atomic E-state index is 0.126. The molecular formula is C15H13F2N3O3. The number of nitro groups is 1. The van der Waals surface area contributed by atoms with Crippen LogP contribution in [0.5, 0.6) is 0 Å². The summed E-state index contributed by atoms with van der Waals surface area (Å²) in [6.07, 6.45) is 1.47. The number of hydrogen-bond acceptors (Lipinski definition) is 5. The Kier molecular flexibility index (Phi) is 4.16. The number of benzene rings is 1. The maximum Gasteiger partial charge on any atom is 0.311 e. The lowest BCUT2D eigenvalue weighted by atomic mass is 10.0. The quantitative estimate of drug-likeness (QED) is 0.691. The van der Waals surface area contributed by atoms with Gasteiger partial charge in [-0.05, 0) is 30.2 Å². The van der Waals surface area contributed by atoms with Crippen molar-refractivity contribution in [1.29, 1.82) is 0 Å². The van der Waals surface area contributed by atoms with E-state index in [1.807, 2.05) is 0 Å².